The Labute approximate surface area is 168 Å². The molecule has 0 aliphatic carbocycles. The SMILES string of the molecule is CCOC(C)C(=O)Oc1ccc(OCCn2nc(C)c3ccccc3c2=O)cc1. The van der Waals surface area contributed by atoms with Crippen LogP contribution in [0.15, 0.2) is 53.3 Å². The normalized spacial score (nSPS) is 12.0. The number of ether oxygens (including phenoxy) is 3. The molecule has 1 unspecified atom stereocenters. The Morgan fingerprint density at radius 3 is 2.41 bits per heavy atom. The molecule has 152 valence electrons. The van der Waals surface area contributed by atoms with Gasteiger partial charge in [0.15, 0.2) is 6.10 Å². The molecule has 7 heteroatoms. The van der Waals surface area contributed by atoms with E-state index in [0.29, 0.717) is 30.0 Å². The summed E-state index contributed by atoms with van der Waals surface area (Å²) in [4.78, 5) is 24.4. The average Bonchev–Trinajstić information content (AvgIpc) is 2.73. The van der Waals surface area contributed by atoms with Crippen LogP contribution >= 0.6 is 0 Å². The van der Waals surface area contributed by atoms with Crippen LogP contribution in [0.2, 0.25) is 0 Å². The molecule has 1 heterocycles. The number of carbonyl (C=O) groups excluding carboxylic acids is 1. The van der Waals surface area contributed by atoms with Crippen molar-refractivity contribution in [1.82, 2.24) is 9.78 Å². The first-order valence-corrected chi connectivity index (χ1v) is 9.52. The number of esters is 1. The van der Waals surface area contributed by atoms with E-state index in [4.69, 9.17) is 14.2 Å². The number of aromatic nitrogens is 2. The highest BCUT2D eigenvalue weighted by atomic mass is 16.6. The van der Waals surface area contributed by atoms with Gasteiger partial charge < -0.3 is 14.2 Å². The summed E-state index contributed by atoms with van der Waals surface area (Å²) in [5, 5.41) is 5.87. The summed E-state index contributed by atoms with van der Waals surface area (Å²) < 4.78 is 17.6. The molecule has 0 radical (unpaired) electrons. The minimum atomic E-state index is -0.618. The third kappa shape index (κ3) is 5.00. The number of rotatable bonds is 8. The lowest BCUT2D eigenvalue weighted by Gasteiger charge is -2.12. The highest BCUT2D eigenvalue weighted by Gasteiger charge is 2.15. The highest BCUT2D eigenvalue weighted by Crippen LogP contribution is 2.18. The van der Waals surface area contributed by atoms with Gasteiger partial charge in [0.25, 0.3) is 5.56 Å². The highest BCUT2D eigenvalue weighted by molar-refractivity contribution is 5.83. The first-order valence-electron chi connectivity index (χ1n) is 9.52. The summed E-state index contributed by atoms with van der Waals surface area (Å²) in [5.41, 5.74) is 0.660. The minimum Gasteiger partial charge on any atom is -0.492 e. The first kappa shape index (κ1) is 20.5. The van der Waals surface area contributed by atoms with Gasteiger partial charge in [0.2, 0.25) is 0 Å². The van der Waals surface area contributed by atoms with E-state index in [1.807, 2.05) is 32.0 Å². The Morgan fingerprint density at radius 1 is 1.07 bits per heavy atom. The monoisotopic (exact) mass is 396 g/mol. The quantitative estimate of drug-likeness (QED) is 0.430. The summed E-state index contributed by atoms with van der Waals surface area (Å²) in [6, 6.07) is 14.1. The van der Waals surface area contributed by atoms with E-state index in [0.717, 1.165) is 11.1 Å². The average molecular weight is 396 g/mol. The zero-order chi connectivity index (χ0) is 20.8. The van der Waals surface area contributed by atoms with Crippen LogP contribution in [0, 0.1) is 6.92 Å². The molecular weight excluding hydrogens is 372 g/mol. The topological polar surface area (TPSA) is 79.7 Å². The molecule has 0 fully saturated rings. The second-order valence-electron chi connectivity index (χ2n) is 6.50. The van der Waals surface area contributed by atoms with Gasteiger partial charge in [0.05, 0.1) is 17.6 Å². The summed E-state index contributed by atoms with van der Waals surface area (Å²) in [6.45, 7) is 6.40. The van der Waals surface area contributed by atoms with Crippen LogP contribution in [0.25, 0.3) is 10.8 Å². The number of fused-ring (bicyclic) bond motifs is 1. The third-order valence-corrected chi connectivity index (χ3v) is 4.41. The van der Waals surface area contributed by atoms with Crippen molar-refractivity contribution < 1.29 is 19.0 Å². The molecule has 0 aliphatic heterocycles. The van der Waals surface area contributed by atoms with Crippen LogP contribution in [0.4, 0.5) is 0 Å². The van der Waals surface area contributed by atoms with E-state index in [2.05, 4.69) is 5.10 Å². The van der Waals surface area contributed by atoms with Gasteiger partial charge in [-0.25, -0.2) is 9.48 Å². The van der Waals surface area contributed by atoms with Gasteiger partial charge in [-0.2, -0.15) is 5.10 Å². The largest absolute Gasteiger partial charge is 0.492 e. The Kier molecular flexibility index (Phi) is 6.61. The molecule has 0 amide bonds. The molecule has 0 saturated heterocycles. The molecule has 0 spiro atoms. The second-order valence-corrected chi connectivity index (χ2v) is 6.50. The number of hydrogen-bond donors (Lipinski definition) is 0. The molecule has 29 heavy (non-hydrogen) atoms. The standard InChI is InChI=1S/C22H24N2O5/c1-4-27-16(3)22(26)29-18-11-9-17(10-12-18)28-14-13-24-21(25)20-8-6-5-7-19(20)15(2)23-24/h5-12,16H,4,13-14H2,1-3H3. The van der Waals surface area contributed by atoms with Gasteiger partial charge in [0, 0.05) is 12.0 Å². The molecule has 1 atom stereocenters. The molecule has 7 nitrogen and oxygen atoms in total. The zero-order valence-corrected chi connectivity index (χ0v) is 16.8. The number of aryl methyl sites for hydroxylation is 1. The maximum atomic E-state index is 12.6. The number of carbonyl (C=O) groups is 1. The predicted molar refractivity (Wildman–Crippen MR) is 109 cm³/mol. The second kappa shape index (κ2) is 9.34. The van der Waals surface area contributed by atoms with Crippen LogP contribution in [0.3, 0.4) is 0 Å². The Balaban J connectivity index is 1.59. The van der Waals surface area contributed by atoms with Gasteiger partial charge in [0.1, 0.15) is 18.1 Å². The summed E-state index contributed by atoms with van der Waals surface area (Å²) >= 11 is 0. The van der Waals surface area contributed by atoms with E-state index in [9.17, 15) is 9.59 Å². The zero-order valence-electron chi connectivity index (χ0n) is 16.8. The van der Waals surface area contributed by atoms with E-state index >= 15 is 0 Å². The molecule has 0 saturated carbocycles. The third-order valence-electron chi connectivity index (χ3n) is 4.41. The van der Waals surface area contributed by atoms with Gasteiger partial charge in [-0.05, 0) is 51.1 Å². The van der Waals surface area contributed by atoms with Crippen molar-refractivity contribution >= 4 is 16.7 Å². The number of hydrogen-bond acceptors (Lipinski definition) is 6. The lowest BCUT2D eigenvalue weighted by molar-refractivity contribution is -0.145. The smallest absolute Gasteiger partial charge is 0.340 e. The first-order chi connectivity index (χ1) is 14.0. The van der Waals surface area contributed by atoms with Crippen molar-refractivity contribution in [2.45, 2.75) is 33.4 Å². The van der Waals surface area contributed by atoms with Crippen molar-refractivity contribution in [3.63, 3.8) is 0 Å². The van der Waals surface area contributed by atoms with Crippen LogP contribution in [-0.2, 0) is 16.1 Å². The molecule has 3 rings (SSSR count). The molecule has 0 bridgehead atoms. The fraction of sp³-hybridized carbons (Fsp3) is 0.318. The van der Waals surface area contributed by atoms with E-state index in [1.165, 1.54) is 4.68 Å². The van der Waals surface area contributed by atoms with Gasteiger partial charge >= 0.3 is 5.97 Å². The van der Waals surface area contributed by atoms with Crippen LogP contribution in [-0.4, -0.2) is 35.1 Å². The van der Waals surface area contributed by atoms with Crippen LogP contribution in [0.5, 0.6) is 11.5 Å². The molecule has 1 aromatic heterocycles. The maximum absolute atomic E-state index is 12.6. The molecule has 3 aromatic rings. The Hall–Kier alpha value is -3.19. The van der Waals surface area contributed by atoms with Crippen molar-refractivity contribution in [1.29, 1.82) is 0 Å². The van der Waals surface area contributed by atoms with E-state index in [-0.39, 0.29) is 12.2 Å². The molecule has 0 aliphatic rings. The fourth-order valence-corrected chi connectivity index (χ4v) is 2.93. The summed E-state index contributed by atoms with van der Waals surface area (Å²) in [5.74, 6) is 0.572. The van der Waals surface area contributed by atoms with Gasteiger partial charge in [-0.3, -0.25) is 4.79 Å². The Bertz CT molecular complexity index is 1040. The molecular formula is C22H24N2O5. The van der Waals surface area contributed by atoms with Crippen LogP contribution in [0.1, 0.15) is 19.5 Å². The van der Waals surface area contributed by atoms with Crippen molar-refractivity contribution in [3.05, 3.63) is 64.6 Å². The fourth-order valence-electron chi connectivity index (χ4n) is 2.93. The maximum Gasteiger partial charge on any atom is 0.340 e. The van der Waals surface area contributed by atoms with E-state index in [1.54, 1.807) is 37.3 Å². The van der Waals surface area contributed by atoms with Crippen LogP contribution < -0.4 is 15.0 Å². The number of nitrogens with zero attached hydrogens (tertiary/aromatic N) is 2. The van der Waals surface area contributed by atoms with E-state index < -0.39 is 12.1 Å². The van der Waals surface area contributed by atoms with Gasteiger partial charge in [-0.15, -0.1) is 0 Å². The number of benzene rings is 2. The summed E-state index contributed by atoms with van der Waals surface area (Å²) in [7, 11) is 0. The van der Waals surface area contributed by atoms with Gasteiger partial charge in [-0.1, -0.05) is 18.2 Å². The minimum absolute atomic E-state index is 0.138. The van der Waals surface area contributed by atoms with Crippen molar-refractivity contribution in [2.75, 3.05) is 13.2 Å². The lowest BCUT2D eigenvalue weighted by atomic mass is 10.1. The van der Waals surface area contributed by atoms with Crippen molar-refractivity contribution in [2.24, 2.45) is 0 Å². The lowest BCUT2D eigenvalue weighted by Crippen LogP contribution is -2.26. The molecule has 0 N–H and O–H groups in total. The summed E-state index contributed by atoms with van der Waals surface area (Å²) in [6.07, 6.45) is -0.618. The molecule has 2 aromatic carbocycles. The Morgan fingerprint density at radius 2 is 1.72 bits per heavy atom. The predicted octanol–water partition coefficient (Wildman–Crippen LogP) is 3.11. The van der Waals surface area contributed by atoms with Crippen molar-refractivity contribution in [3.8, 4) is 11.5 Å².